The number of hydrogen-bond donors (Lipinski definition) is 0. The number of alkyl halides is 6. The molecule has 1 aromatic carbocycles. The molecular formula is C22H27F7N2O5S. The smallest absolute Gasteiger partial charge is 0.434 e. The van der Waals surface area contributed by atoms with E-state index in [0.717, 1.165) is 42.9 Å². The number of carbonyl (C=O) groups excluding carboxylic acids is 1. The van der Waals surface area contributed by atoms with Crippen molar-refractivity contribution in [3.63, 3.8) is 0 Å². The average Bonchev–Trinajstić information content (AvgIpc) is 2.80. The summed E-state index contributed by atoms with van der Waals surface area (Å²) in [4.78, 5) is 14.7. The van der Waals surface area contributed by atoms with Gasteiger partial charge in [0.25, 0.3) is 6.10 Å². The lowest BCUT2D eigenvalue weighted by Crippen LogP contribution is -2.55. The maximum absolute atomic E-state index is 14.2. The van der Waals surface area contributed by atoms with Gasteiger partial charge in [-0.2, -0.15) is 26.3 Å². The van der Waals surface area contributed by atoms with Gasteiger partial charge in [-0.15, -0.1) is 0 Å². The highest BCUT2D eigenvalue weighted by Crippen LogP contribution is 2.36. The van der Waals surface area contributed by atoms with Gasteiger partial charge < -0.3 is 14.4 Å². The van der Waals surface area contributed by atoms with Gasteiger partial charge in [-0.1, -0.05) is 0 Å². The van der Waals surface area contributed by atoms with Crippen molar-refractivity contribution in [1.82, 2.24) is 9.80 Å². The van der Waals surface area contributed by atoms with Gasteiger partial charge in [-0.3, -0.25) is 4.90 Å². The predicted molar refractivity (Wildman–Crippen MR) is 116 cm³/mol. The number of sulfone groups is 1. The van der Waals surface area contributed by atoms with Gasteiger partial charge in [0.05, 0.1) is 11.5 Å². The Bertz CT molecular complexity index is 1030. The van der Waals surface area contributed by atoms with Crippen molar-refractivity contribution in [2.24, 2.45) is 5.92 Å². The highest BCUT2D eigenvalue weighted by Gasteiger charge is 2.60. The van der Waals surface area contributed by atoms with E-state index in [1.807, 2.05) is 4.90 Å². The molecule has 0 unspecified atom stereocenters. The van der Waals surface area contributed by atoms with Crippen molar-refractivity contribution in [2.75, 3.05) is 39.0 Å². The summed E-state index contributed by atoms with van der Waals surface area (Å²) in [5.41, 5.74) is 0. The van der Waals surface area contributed by atoms with Gasteiger partial charge in [-0.25, -0.2) is 17.6 Å². The Hall–Kier alpha value is -2.29. The second-order valence-electron chi connectivity index (χ2n) is 9.22. The predicted octanol–water partition coefficient (Wildman–Crippen LogP) is 4.41. The number of halogens is 7. The van der Waals surface area contributed by atoms with E-state index in [-0.39, 0.29) is 55.4 Å². The zero-order valence-electron chi connectivity index (χ0n) is 19.8. The van der Waals surface area contributed by atoms with Crippen molar-refractivity contribution in [3.05, 3.63) is 24.0 Å². The van der Waals surface area contributed by atoms with Crippen molar-refractivity contribution in [1.29, 1.82) is 0 Å². The molecule has 0 spiro atoms. The van der Waals surface area contributed by atoms with Crippen molar-refractivity contribution >= 4 is 15.9 Å². The number of benzene rings is 1. The Balaban J connectivity index is 1.43. The second kappa shape index (κ2) is 11.2. The third-order valence-electron chi connectivity index (χ3n) is 6.52. The molecule has 1 amide bonds. The van der Waals surface area contributed by atoms with Crippen LogP contribution in [0.2, 0.25) is 0 Å². The van der Waals surface area contributed by atoms with Crippen LogP contribution >= 0.6 is 0 Å². The number of amides is 1. The number of nitrogens with zero attached hydrogens (tertiary/aromatic N) is 2. The number of rotatable bonds is 6. The Kier molecular flexibility index (Phi) is 8.87. The fourth-order valence-electron chi connectivity index (χ4n) is 4.48. The van der Waals surface area contributed by atoms with Crippen LogP contribution in [0.15, 0.2) is 23.1 Å². The molecule has 1 aliphatic carbocycles. The summed E-state index contributed by atoms with van der Waals surface area (Å²) in [6.07, 6.45) is -13.4. The van der Waals surface area contributed by atoms with Gasteiger partial charge in [-0.05, 0) is 49.8 Å². The second-order valence-corrected chi connectivity index (χ2v) is 11.2. The lowest BCUT2D eigenvalue weighted by atomic mass is 9.85. The Labute approximate surface area is 209 Å². The summed E-state index contributed by atoms with van der Waals surface area (Å²) < 4.78 is 122. The molecule has 2 fully saturated rings. The highest BCUT2D eigenvalue weighted by molar-refractivity contribution is 7.90. The summed E-state index contributed by atoms with van der Waals surface area (Å²) >= 11 is 0. The number of ether oxygens (including phenoxy) is 2. The van der Waals surface area contributed by atoms with E-state index in [1.54, 1.807) is 0 Å². The third kappa shape index (κ3) is 7.85. The molecule has 37 heavy (non-hydrogen) atoms. The molecule has 0 N–H and O–H groups in total. The first-order chi connectivity index (χ1) is 17.1. The summed E-state index contributed by atoms with van der Waals surface area (Å²) in [5, 5.41) is 0. The molecule has 1 aromatic rings. The van der Waals surface area contributed by atoms with Crippen LogP contribution in [0.4, 0.5) is 35.5 Å². The molecule has 0 aromatic heterocycles. The zero-order valence-corrected chi connectivity index (χ0v) is 20.6. The molecule has 0 bridgehead atoms. The topological polar surface area (TPSA) is 76.2 Å². The van der Waals surface area contributed by atoms with Crippen molar-refractivity contribution in [2.45, 2.75) is 55.1 Å². The van der Waals surface area contributed by atoms with Crippen molar-refractivity contribution in [3.8, 4) is 5.75 Å². The van der Waals surface area contributed by atoms with Crippen LogP contribution in [-0.4, -0.2) is 87.9 Å². The molecule has 15 heteroatoms. The van der Waals surface area contributed by atoms with Gasteiger partial charge in [0, 0.05) is 38.5 Å². The van der Waals surface area contributed by atoms with E-state index in [4.69, 9.17) is 4.74 Å². The fourth-order valence-corrected chi connectivity index (χ4v) is 5.11. The SMILES string of the molecule is CS(=O)(=O)c1ccc(OCC2CCC(N3CCN(C(=O)OC(C(F)(F)F)C(F)(F)F)CC3)CC2)c(F)c1. The van der Waals surface area contributed by atoms with E-state index >= 15 is 0 Å². The van der Waals surface area contributed by atoms with Crippen LogP contribution in [0.3, 0.4) is 0 Å². The average molecular weight is 565 g/mol. The number of piperazine rings is 1. The lowest BCUT2D eigenvalue weighted by molar-refractivity contribution is -0.308. The van der Waals surface area contributed by atoms with E-state index in [2.05, 4.69) is 4.74 Å². The molecule has 2 aliphatic rings. The first-order valence-corrected chi connectivity index (χ1v) is 13.4. The molecule has 1 heterocycles. The van der Waals surface area contributed by atoms with E-state index < -0.39 is 40.2 Å². The Morgan fingerprint density at radius 1 is 1.00 bits per heavy atom. The molecule has 0 atom stereocenters. The minimum atomic E-state index is -5.76. The molecule has 7 nitrogen and oxygen atoms in total. The largest absolute Gasteiger partial charge is 0.490 e. The van der Waals surface area contributed by atoms with Crippen LogP contribution in [0.1, 0.15) is 25.7 Å². The summed E-state index contributed by atoms with van der Waals surface area (Å²) in [5.74, 6) is -0.691. The minimum Gasteiger partial charge on any atom is -0.490 e. The van der Waals surface area contributed by atoms with Gasteiger partial charge in [0.2, 0.25) is 0 Å². The standard InChI is InChI=1S/C22H27F7N2O5S/c1-37(33,34)16-6-7-18(17(23)12-16)35-13-14-2-4-15(5-3-14)30-8-10-31(11-9-30)20(32)36-19(21(24,25)26)22(27,28)29/h6-7,12,14-15,19H,2-5,8-11,13H2,1H3. The molecule has 0 radical (unpaired) electrons. The van der Waals surface area contributed by atoms with Crippen molar-refractivity contribution < 1.29 is 53.4 Å². The monoisotopic (exact) mass is 564 g/mol. The molecule has 3 rings (SSSR count). The zero-order chi connectivity index (χ0) is 27.6. The first kappa shape index (κ1) is 29.3. The molecule has 210 valence electrons. The molecular weight excluding hydrogens is 537 g/mol. The van der Waals surface area contributed by atoms with Gasteiger partial charge in [0.1, 0.15) is 0 Å². The third-order valence-corrected chi connectivity index (χ3v) is 7.63. The van der Waals surface area contributed by atoms with E-state index in [0.29, 0.717) is 0 Å². The maximum Gasteiger partial charge on any atom is 0.434 e. The summed E-state index contributed by atoms with van der Waals surface area (Å²) in [7, 11) is -3.54. The fraction of sp³-hybridized carbons (Fsp3) is 0.682. The summed E-state index contributed by atoms with van der Waals surface area (Å²) in [6, 6.07) is 3.57. The maximum atomic E-state index is 14.2. The Morgan fingerprint density at radius 3 is 2.05 bits per heavy atom. The number of hydrogen-bond acceptors (Lipinski definition) is 6. The van der Waals surface area contributed by atoms with E-state index in [1.165, 1.54) is 12.1 Å². The minimum absolute atomic E-state index is 0.0455. The van der Waals surface area contributed by atoms with Gasteiger partial charge >= 0.3 is 18.4 Å². The quantitative estimate of drug-likeness (QED) is 0.477. The highest BCUT2D eigenvalue weighted by atomic mass is 32.2. The first-order valence-electron chi connectivity index (χ1n) is 11.5. The van der Waals surface area contributed by atoms with E-state index in [9.17, 15) is 43.9 Å². The number of carbonyl (C=O) groups is 1. The Morgan fingerprint density at radius 2 is 1.57 bits per heavy atom. The molecule has 1 saturated carbocycles. The molecule has 1 saturated heterocycles. The van der Waals surface area contributed by atoms with Crippen LogP contribution in [0.25, 0.3) is 0 Å². The molecule has 1 aliphatic heterocycles. The normalized spacial score (nSPS) is 22.2. The lowest BCUT2D eigenvalue weighted by Gasteiger charge is -2.41. The van der Waals surface area contributed by atoms with Crippen LogP contribution < -0.4 is 4.74 Å². The van der Waals surface area contributed by atoms with Crippen LogP contribution in [0, 0.1) is 11.7 Å². The van der Waals surface area contributed by atoms with Gasteiger partial charge in [0.15, 0.2) is 21.4 Å². The van der Waals surface area contributed by atoms with Crippen LogP contribution in [0.5, 0.6) is 5.75 Å². The summed E-state index contributed by atoms with van der Waals surface area (Å²) in [6.45, 7) is 0.671. The van der Waals surface area contributed by atoms with Crippen LogP contribution in [-0.2, 0) is 14.6 Å².